The number of unbranched alkanes of at least 4 members (excludes halogenated alkanes) is 2. The van der Waals surface area contributed by atoms with Gasteiger partial charge in [0.05, 0.1) is 6.10 Å². The molecule has 3 heteroatoms. The van der Waals surface area contributed by atoms with E-state index in [1.165, 1.54) is 44.9 Å². The van der Waals surface area contributed by atoms with Crippen molar-refractivity contribution >= 4 is 0 Å². The molecule has 0 amide bonds. The molecule has 0 unspecified atom stereocenters. The molecular formula is C16H32N2O. The Balaban J connectivity index is 1.82. The van der Waals surface area contributed by atoms with E-state index < -0.39 is 0 Å². The second-order valence-corrected chi connectivity index (χ2v) is 5.52. The fourth-order valence-corrected chi connectivity index (χ4v) is 2.63. The average Bonchev–Trinajstić information content (AvgIpc) is 2.46. The number of hydrogen-bond donors (Lipinski definition) is 2. The lowest BCUT2D eigenvalue weighted by Gasteiger charge is -2.28. The van der Waals surface area contributed by atoms with Gasteiger partial charge in [0.2, 0.25) is 0 Å². The van der Waals surface area contributed by atoms with Gasteiger partial charge < -0.3 is 15.4 Å². The highest BCUT2D eigenvalue weighted by Gasteiger charge is 2.19. The van der Waals surface area contributed by atoms with E-state index in [-0.39, 0.29) is 0 Å². The molecule has 0 aliphatic heterocycles. The number of hydrogen-bond acceptors (Lipinski definition) is 3. The molecule has 1 aliphatic carbocycles. The molecule has 0 aromatic rings. The van der Waals surface area contributed by atoms with Crippen molar-refractivity contribution < 1.29 is 4.74 Å². The second kappa shape index (κ2) is 11.4. The minimum Gasteiger partial charge on any atom is -0.378 e. The van der Waals surface area contributed by atoms with Crippen molar-refractivity contribution in [1.29, 1.82) is 0 Å². The van der Waals surface area contributed by atoms with E-state index in [1.54, 1.807) is 0 Å². The van der Waals surface area contributed by atoms with Crippen LogP contribution in [0.1, 0.15) is 51.4 Å². The topological polar surface area (TPSA) is 33.3 Å². The summed E-state index contributed by atoms with van der Waals surface area (Å²) in [6.07, 6.45) is 12.3. The summed E-state index contributed by atoms with van der Waals surface area (Å²) in [5.41, 5.74) is 0. The van der Waals surface area contributed by atoms with E-state index in [4.69, 9.17) is 4.74 Å². The van der Waals surface area contributed by atoms with Crippen LogP contribution in [0.3, 0.4) is 0 Å². The van der Waals surface area contributed by atoms with Crippen LogP contribution in [0.2, 0.25) is 0 Å². The Morgan fingerprint density at radius 2 is 1.89 bits per heavy atom. The Morgan fingerprint density at radius 1 is 1.11 bits per heavy atom. The molecule has 0 spiro atoms. The molecule has 0 radical (unpaired) electrons. The molecule has 19 heavy (non-hydrogen) atoms. The first-order chi connectivity index (χ1) is 9.36. The second-order valence-electron chi connectivity index (χ2n) is 5.52. The van der Waals surface area contributed by atoms with Gasteiger partial charge in [-0.2, -0.15) is 0 Å². The van der Waals surface area contributed by atoms with Crippen LogP contribution >= 0.6 is 0 Å². The predicted molar refractivity (Wildman–Crippen MR) is 82.6 cm³/mol. The minimum absolute atomic E-state index is 0.523. The average molecular weight is 268 g/mol. The van der Waals surface area contributed by atoms with Gasteiger partial charge in [0.25, 0.3) is 0 Å². The molecule has 0 aromatic carbocycles. The molecule has 112 valence electrons. The maximum Gasteiger partial charge on any atom is 0.0576 e. The molecule has 0 atom stereocenters. The third-order valence-corrected chi connectivity index (χ3v) is 3.96. The Hall–Kier alpha value is -0.380. The van der Waals surface area contributed by atoms with Gasteiger partial charge >= 0.3 is 0 Å². The smallest absolute Gasteiger partial charge is 0.0576 e. The largest absolute Gasteiger partial charge is 0.378 e. The quantitative estimate of drug-likeness (QED) is 0.446. The zero-order valence-corrected chi connectivity index (χ0v) is 12.6. The van der Waals surface area contributed by atoms with Crippen LogP contribution in [0.5, 0.6) is 0 Å². The van der Waals surface area contributed by atoms with E-state index in [0.29, 0.717) is 6.10 Å². The van der Waals surface area contributed by atoms with Gasteiger partial charge in [0, 0.05) is 12.6 Å². The summed E-state index contributed by atoms with van der Waals surface area (Å²) in [5, 5.41) is 6.78. The molecular weight excluding hydrogens is 236 g/mol. The normalized spacial score (nSPS) is 23.4. The van der Waals surface area contributed by atoms with Crippen LogP contribution in [-0.2, 0) is 4.74 Å². The third kappa shape index (κ3) is 8.40. The Labute approximate surface area is 119 Å². The van der Waals surface area contributed by atoms with Crippen LogP contribution < -0.4 is 10.6 Å². The molecule has 0 heterocycles. The fourth-order valence-electron chi connectivity index (χ4n) is 2.63. The maximum absolute atomic E-state index is 5.96. The van der Waals surface area contributed by atoms with Crippen molar-refractivity contribution in [3.05, 3.63) is 12.7 Å². The predicted octanol–water partition coefficient (Wildman–Crippen LogP) is 2.87. The van der Waals surface area contributed by atoms with Crippen molar-refractivity contribution in [2.24, 2.45) is 0 Å². The van der Waals surface area contributed by atoms with E-state index in [1.807, 2.05) is 6.08 Å². The van der Waals surface area contributed by atoms with Gasteiger partial charge in [0.15, 0.2) is 0 Å². The molecule has 1 rings (SSSR count). The number of nitrogens with one attached hydrogen (secondary N) is 2. The van der Waals surface area contributed by atoms with Crippen molar-refractivity contribution in [2.45, 2.75) is 63.5 Å². The van der Waals surface area contributed by atoms with Crippen LogP contribution in [0.4, 0.5) is 0 Å². The van der Waals surface area contributed by atoms with Gasteiger partial charge in [-0.15, -0.1) is 6.58 Å². The SMILES string of the molecule is C=CCCNCCCCCO[C@H]1CC[C@H](NC)CC1. The first-order valence-corrected chi connectivity index (χ1v) is 7.97. The molecule has 3 nitrogen and oxygen atoms in total. The molecule has 2 N–H and O–H groups in total. The summed E-state index contributed by atoms with van der Waals surface area (Å²) in [7, 11) is 2.06. The molecule has 0 aromatic heterocycles. The van der Waals surface area contributed by atoms with Gasteiger partial charge in [-0.3, -0.25) is 0 Å². The highest BCUT2D eigenvalue weighted by molar-refractivity contribution is 4.76. The lowest BCUT2D eigenvalue weighted by Crippen LogP contribution is -2.33. The van der Waals surface area contributed by atoms with Crippen molar-refractivity contribution in [2.75, 3.05) is 26.7 Å². The molecule has 1 aliphatic rings. The monoisotopic (exact) mass is 268 g/mol. The maximum atomic E-state index is 5.96. The van der Waals surface area contributed by atoms with Crippen molar-refractivity contribution in [1.82, 2.24) is 10.6 Å². The number of ether oxygens (including phenoxy) is 1. The molecule has 1 saturated carbocycles. The lowest BCUT2D eigenvalue weighted by atomic mass is 9.93. The summed E-state index contributed by atoms with van der Waals surface area (Å²) in [5.74, 6) is 0. The summed E-state index contributed by atoms with van der Waals surface area (Å²) in [6.45, 7) is 6.85. The molecule has 1 fully saturated rings. The molecule has 0 saturated heterocycles. The van der Waals surface area contributed by atoms with Crippen LogP contribution in [-0.4, -0.2) is 38.9 Å². The summed E-state index contributed by atoms with van der Waals surface area (Å²) < 4.78 is 5.96. The van der Waals surface area contributed by atoms with E-state index in [2.05, 4.69) is 24.3 Å². The van der Waals surface area contributed by atoms with Gasteiger partial charge in [-0.25, -0.2) is 0 Å². The fraction of sp³-hybridized carbons (Fsp3) is 0.875. The zero-order valence-electron chi connectivity index (χ0n) is 12.6. The highest BCUT2D eigenvalue weighted by atomic mass is 16.5. The van der Waals surface area contributed by atoms with Crippen molar-refractivity contribution in [3.8, 4) is 0 Å². The minimum atomic E-state index is 0.523. The zero-order chi connectivity index (χ0) is 13.8. The third-order valence-electron chi connectivity index (χ3n) is 3.96. The van der Waals surface area contributed by atoms with Crippen LogP contribution in [0.25, 0.3) is 0 Å². The van der Waals surface area contributed by atoms with E-state index in [9.17, 15) is 0 Å². The van der Waals surface area contributed by atoms with Crippen molar-refractivity contribution in [3.63, 3.8) is 0 Å². The summed E-state index contributed by atoms with van der Waals surface area (Å²) in [6, 6.07) is 0.724. The van der Waals surface area contributed by atoms with Crippen LogP contribution in [0.15, 0.2) is 12.7 Å². The van der Waals surface area contributed by atoms with E-state index in [0.717, 1.165) is 32.2 Å². The molecule has 0 bridgehead atoms. The Bertz CT molecular complexity index is 213. The van der Waals surface area contributed by atoms with Gasteiger partial charge in [-0.1, -0.05) is 6.08 Å². The Morgan fingerprint density at radius 3 is 2.58 bits per heavy atom. The highest BCUT2D eigenvalue weighted by Crippen LogP contribution is 2.21. The first-order valence-electron chi connectivity index (χ1n) is 7.97. The first kappa shape index (κ1) is 16.7. The lowest BCUT2D eigenvalue weighted by molar-refractivity contribution is 0.0211. The Kier molecular flexibility index (Phi) is 10.0. The summed E-state index contributed by atoms with van der Waals surface area (Å²) >= 11 is 0. The summed E-state index contributed by atoms with van der Waals surface area (Å²) in [4.78, 5) is 0. The van der Waals surface area contributed by atoms with Crippen LogP contribution in [0, 0.1) is 0 Å². The van der Waals surface area contributed by atoms with E-state index >= 15 is 0 Å². The van der Waals surface area contributed by atoms with Gasteiger partial charge in [0.1, 0.15) is 0 Å². The number of rotatable bonds is 11. The van der Waals surface area contributed by atoms with Gasteiger partial charge in [-0.05, 0) is 71.5 Å². The standard InChI is InChI=1S/C16H32N2O/c1-3-4-12-18-13-6-5-7-14-19-16-10-8-15(17-2)9-11-16/h3,15-18H,1,4-14H2,2H3/t15-,16-.